The van der Waals surface area contributed by atoms with Crippen LogP contribution in [-0.2, 0) is 71.0 Å². The number of carbonyl (C=O) groups excluding carboxylic acids is 9. The maximum absolute atomic E-state index is 12.9. The van der Waals surface area contributed by atoms with Crippen molar-refractivity contribution < 1.29 is 81.0 Å². The Kier molecular flexibility index (Phi) is 51.5. The van der Waals surface area contributed by atoms with Crippen LogP contribution >= 0.6 is 7.82 Å². The summed E-state index contributed by atoms with van der Waals surface area (Å²) < 4.78 is 34.1. The van der Waals surface area contributed by atoms with Crippen LogP contribution in [0, 0.1) is 0 Å². The Morgan fingerprint density at radius 1 is 0.464 bits per heavy atom. The highest BCUT2D eigenvalue weighted by Crippen LogP contribution is 2.43. The second-order valence-electron chi connectivity index (χ2n) is 21.9. The molecule has 4 N–H and O–H groups in total. The number of amides is 3. The predicted molar refractivity (Wildman–Crippen MR) is 324 cm³/mol. The molecular formula is C63H108N3O17P. The molecule has 0 aromatic rings. The van der Waals surface area contributed by atoms with Crippen molar-refractivity contribution in [3.05, 3.63) is 24.3 Å². The lowest BCUT2D eigenvalue weighted by Crippen LogP contribution is -2.40. The second kappa shape index (κ2) is 54.7. The fourth-order valence-electron chi connectivity index (χ4n) is 8.73. The lowest BCUT2D eigenvalue weighted by Gasteiger charge is -2.20. The van der Waals surface area contributed by atoms with Crippen LogP contribution in [0.25, 0.3) is 0 Å². The number of nitrogens with one attached hydrogen (secondary N) is 2. The third kappa shape index (κ3) is 53.8. The van der Waals surface area contributed by atoms with Crippen molar-refractivity contribution >= 4 is 66.6 Å². The van der Waals surface area contributed by atoms with Crippen molar-refractivity contribution in [2.75, 3.05) is 46.0 Å². The van der Waals surface area contributed by atoms with Crippen molar-refractivity contribution in [3.63, 3.8) is 0 Å². The van der Waals surface area contributed by atoms with E-state index in [9.17, 15) is 62.5 Å². The number of hydrogen-bond acceptors (Lipinski definition) is 15. The molecule has 0 aromatic heterocycles. The van der Waals surface area contributed by atoms with Gasteiger partial charge in [-0.1, -0.05) is 141 Å². The number of carboxylic acid groups (broad SMARTS) is 1. The zero-order valence-corrected chi connectivity index (χ0v) is 52.5. The molecule has 0 aromatic carbocycles. The van der Waals surface area contributed by atoms with Gasteiger partial charge in [-0.25, -0.2) is 4.57 Å². The topological polar surface area (TPSA) is 292 Å². The zero-order chi connectivity index (χ0) is 62.3. The number of esters is 2. The van der Waals surface area contributed by atoms with E-state index < -0.39 is 93.8 Å². The summed E-state index contributed by atoms with van der Waals surface area (Å²) in [5, 5.41) is 14.0. The highest BCUT2D eigenvalue weighted by molar-refractivity contribution is 7.47. The molecule has 0 aliphatic rings. The molecule has 3 amide bonds. The van der Waals surface area contributed by atoms with E-state index in [1.165, 1.54) is 84.0 Å². The number of nitrogens with zero attached hydrogens (tertiary/aromatic N) is 1. The number of carboxylic acids is 1. The lowest BCUT2D eigenvalue weighted by molar-refractivity contribution is -0.161. The van der Waals surface area contributed by atoms with Gasteiger partial charge in [0.15, 0.2) is 17.7 Å². The molecule has 0 spiro atoms. The normalized spacial score (nSPS) is 12.4. The van der Waals surface area contributed by atoms with E-state index in [1.807, 2.05) is 0 Å². The van der Waals surface area contributed by atoms with Crippen LogP contribution in [0.2, 0.25) is 0 Å². The Hall–Kier alpha value is -4.91. The van der Waals surface area contributed by atoms with Crippen molar-refractivity contribution in [2.24, 2.45) is 0 Å². The predicted octanol–water partition coefficient (Wildman–Crippen LogP) is 12.0. The minimum absolute atomic E-state index is 0.0000474. The molecule has 0 fully saturated rings. The summed E-state index contributed by atoms with van der Waals surface area (Å²) in [5.74, 6) is -5.76. The first-order chi connectivity index (χ1) is 40.4. The monoisotopic (exact) mass is 1210 g/mol. The quantitative estimate of drug-likeness (QED) is 0.0190. The average Bonchev–Trinajstić information content (AvgIpc) is 3.47. The number of Topliss-reactive ketones (excluding diaryl/α,β-unsaturated/α-hetero) is 4. The summed E-state index contributed by atoms with van der Waals surface area (Å²) in [5.41, 5.74) is 0. The van der Waals surface area contributed by atoms with E-state index in [0.29, 0.717) is 25.7 Å². The van der Waals surface area contributed by atoms with Crippen LogP contribution in [0.3, 0.4) is 0 Å². The van der Waals surface area contributed by atoms with Crippen LogP contribution in [-0.4, -0.2) is 126 Å². The van der Waals surface area contributed by atoms with E-state index in [0.717, 1.165) is 81.9 Å². The number of hydrogen-bond donors (Lipinski definition) is 4. The van der Waals surface area contributed by atoms with E-state index in [4.69, 9.17) is 18.5 Å². The van der Waals surface area contributed by atoms with Gasteiger partial charge in [-0.05, 0) is 90.4 Å². The number of unbranched alkanes of at least 4 members (excludes halogenated alkanes) is 23. The van der Waals surface area contributed by atoms with Crippen molar-refractivity contribution in [3.8, 4) is 0 Å². The average molecular weight is 1210 g/mol. The highest BCUT2D eigenvalue weighted by Gasteiger charge is 2.27. The third-order valence-corrected chi connectivity index (χ3v) is 14.7. The van der Waals surface area contributed by atoms with Gasteiger partial charge in [-0.2, -0.15) is 0 Å². The molecule has 0 aliphatic heterocycles. The van der Waals surface area contributed by atoms with Crippen LogP contribution in [0.5, 0.6) is 0 Å². The van der Waals surface area contributed by atoms with E-state index in [1.54, 1.807) is 0 Å². The van der Waals surface area contributed by atoms with Gasteiger partial charge in [-0.15, -0.1) is 0 Å². The molecule has 20 nitrogen and oxygen atoms in total. The van der Waals surface area contributed by atoms with Gasteiger partial charge in [0, 0.05) is 57.8 Å². The number of aliphatic carboxylic acids is 1. The van der Waals surface area contributed by atoms with Gasteiger partial charge in [0.1, 0.15) is 24.7 Å². The zero-order valence-electron chi connectivity index (χ0n) is 51.6. The molecule has 0 rings (SSSR count). The fourth-order valence-corrected chi connectivity index (χ4v) is 9.52. The highest BCUT2D eigenvalue weighted by atomic mass is 31.2. The minimum atomic E-state index is -4.67. The maximum Gasteiger partial charge on any atom is 0.472 e. The number of ether oxygens (including phenoxy) is 2. The Balaban J connectivity index is 4.77. The van der Waals surface area contributed by atoms with E-state index in [2.05, 4.69) is 48.8 Å². The number of ketones is 4. The van der Waals surface area contributed by atoms with Crippen LogP contribution in [0.15, 0.2) is 24.3 Å². The van der Waals surface area contributed by atoms with Crippen LogP contribution in [0.1, 0.15) is 265 Å². The molecule has 0 saturated heterocycles. The van der Waals surface area contributed by atoms with Gasteiger partial charge < -0.3 is 35.0 Å². The standard InChI is InChI=1S/C63H108N3O17P/c1-4-6-8-10-12-14-16-18-20-22-24-26-28-30-32-40-62(76)80-51-57(83-63(77)41-33-31-29-27-25-23-21-19-17-15-13-11-9-7-5-2)52-82-84(78,79)81-46-36-38-54(68)37-34-35-39-58(71)65-48-55(69)43-45-60(73)66(50-61(74)75)49-56(70)42-44-59(72)64-47-53(3)67/h18-21,57H,4-17,22-52H2,1-3H3,(H,64,72)(H,65,71)(H,74,75)(H,78,79)/b20-18+,21-19+. The summed E-state index contributed by atoms with van der Waals surface area (Å²) in [7, 11) is -4.67. The minimum Gasteiger partial charge on any atom is -0.480 e. The summed E-state index contributed by atoms with van der Waals surface area (Å²) in [6.07, 6.45) is 36.9. The molecule has 2 unspecified atom stereocenters. The Morgan fingerprint density at radius 3 is 1.45 bits per heavy atom. The number of allylic oxidation sites excluding steroid dienone is 4. The molecule has 0 radical (unpaired) electrons. The lowest BCUT2D eigenvalue weighted by atomic mass is 10.1. The fraction of sp³-hybridized carbons (Fsp3) is 0.778. The van der Waals surface area contributed by atoms with E-state index in [-0.39, 0.29) is 89.1 Å². The van der Waals surface area contributed by atoms with Crippen molar-refractivity contribution in [1.82, 2.24) is 15.5 Å². The first-order valence-corrected chi connectivity index (χ1v) is 33.2. The largest absolute Gasteiger partial charge is 0.480 e. The summed E-state index contributed by atoms with van der Waals surface area (Å²) >= 11 is 0. The smallest absolute Gasteiger partial charge is 0.472 e. The van der Waals surface area contributed by atoms with E-state index >= 15 is 0 Å². The Labute approximate surface area is 502 Å². The van der Waals surface area contributed by atoms with Gasteiger partial charge in [0.05, 0.1) is 32.8 Å². The first kappa shape index (κ1) is 79.1. The number of phosphoric acid groups is 1. The molecule has 0 aliphatic carbocycles. The van der Waals surface area contributed by atoms with Gasteiger partial charge >= 0.3 is 25.7 Å². The van der Waals surface area contributed by atoms with Gasteiger partial charge in [0.25, 0.3) is 0 Å². The molecule has 2 atom stereocenters. The third-order valence-electron chi connectivity index (χ3n) is 13.7. The molecule has 0 bridgehead atoms. The summed E-state index contributed by atoms with van der Waals surface area (Å²) in [4.78, 5) is 133. The SMILES string of the molecule is CCCCCCCC/C=C/CCCCCCCC(=O)OCC(COP(=O)(O)OCCCC(=O)CCCCC(=O)NCC(=O)CCC(=O)N(CC(=O)O)CC(=O)CCC(=O)NCC(C)=O)OC(=O)CCCCCCC/C=C/CCCCCCCC. The van der Waals surface area contributed by atoms with Crippen molar-refractivity contribution in [2.45, 2.75) is 271 Å². The molecule has 84 heavy (non-hydrogen) atoms. The first-order valence-electron chi connectivity index (χ1n) is 31.7. The van der Waals surface area contributed by atoms with Gasteiger partial charge in [-0.3, -0.25) is 57.0 Å². The Bertz CT molecular complexity index is 1980. The number of rotatable bonds is 60. The van der Waals surface area contributed by atoms with Crippen molar-refractivity contribution in [1.29, 1.82) is 0 Å². The Morgan fingerprint density at radius 2 is 0.917 bits per heavy atom. The second-order valence-corrected chi connectivity index (χ2v) is 23.3. The van der Waals surface area contributed by atoms with Gasteiger partial charge in [0.2, 0.25) is 17.7 Å². The molecule has 0 saturated carbocycles. The molecule has 0 heterocycles. The summed E-state index contributed by atoms with van der Waals surface area (Å²) in [6.45, 7) is 2.51. The maximum atomic E-state index is 12.9. The molecular weight excluding hydrogens is 1100 g/mol. The molecule has 21 heteroatoms. The molecule has 482 valence electrons. The van der Waals surface area contributed by atoms with Crippen LogP contribution < -0.4 is 10.6 Å². The summed E-state index contributed by atoms with van der Waals surface area (Å²) in [6, 6.07) is 0. The number of carbonyl (C=O) groups is 10. The number of phosphoric ester groups is 1. The van der Waals surface area contributed by atoms with Crippen LogP contribution in [0.4, 0.5) is 0 Å².